The van der Waals surface area contributed by atoms with Crippen LogP contribution in [0.25, 0.3) is 0 Å². The lowest BCUT2D eigenvalue weighted by atomic mass is 10.2. The van der Waals surface area contributed by atoms with E-state index in [9.17, 15) is 4.79 Å². The molecule has 1 aromatic rings. The largest absolute Gasteiger partial charge is 0.352 e. The number of unbranched alkanes of at least 4 members (excludes halogenated alkanes) is 1. The topological polar surface area (TPSA) is 29.1 Å². The van der Waals surface area contributed by atoms with Crippen LogP contribution >= 0.6 is 38.5 Å². The van der Waals surface area contributed by atoms with Crippen LogP contribution in [0.4, 0.5) is 0 Å². The van der Waals surface area contributed by atoms with Crippen molar-refractivity contribution in [2.75, 3.05) is 11.9 Å². The summed E-state index contributed by atoms with van der Waals surface area (Å²) in [5, 5.41) is 3.90. The van der Waals surface area contributed by atoms with Crippen molar-refractivity contribution in [1.29, 1.82) is 0 Å². The molecule has 1 amide bonds. The summed E-state index contributed by atoms with van der Waals surface area (Å²) in [6, 6.07) is 7.61. The van der Waals surface area contributed by atoms with Gasteiger partial charge in [-0.3, -0.25) is 4.79 Å². The number of hydrogen-bond acceptors (Lipinski definition) is 1. The van der Waals surface area contributed by atoms with Crippen LogP contribution in [-0.2, 0) is 0 Å². The fourth-order valence-electron chi connectivity index (χ4n) is 1.16. The third-order valence-electron chi connectivity index (χ3n) is 1.96. The third kappa shape index (κ3) is 4.51. The van der Waals surface area contributed by atoms with Gasteiger partial charge in [-0.15, -0.1) is 0 Å². The highest BCUT2D eigenvalue weighted by atomic mass is 127. The number of alkyl halides is 1. The van der Waals surface area contributed by atoms with Crippen molar-refractivity contribution in [3.8, 4) is 0 Å². The second kappa shape index (κ2) is 7.22. The summed E-state index contributed by atoms with van der Waals surface area (Å²) >= 11 is 5.53. The summed E-state index contributed by atoms with van der Waals surface area (Å²) in [5.41, 5.74) is 0.761. The first-order valence-electron chi connectivity index (χ1n) is 4.84. The molecule has 82 valence electrons. The molecule has 2 nitrogen and oxygen atoms in total. The lowest BCUT2D eigenvalue weighted by molar-refractivity contribution is 0.0952. The van der Waals surface area contributed by atoms with E-state index in [0.717, 1.165) is 33.9 Å². The second-order valence-corrected chi connectivity index (χ2v) is 5.09. The number of hydrogen-bond donors (Lipinski definition) is 1. The van der Waals surface area contributed by atoms with Crippen LogP contribution in [0.1, 0.15) is 23.2 Å². The summed E-state index contributed by atoms with van der Waals surface area (Å²) in [7, 11) is 0. The molecule has 0 bridgehead atoms. The predicted octanol–water partition coefficient (Wildman–Crippen LogP) is 3.20. The molecule has 0 aliphatic carbocycles. The van der Waals surface area contributed by atoms with E-state index in [-0.39, 0.29) is 5.91 Å². The van der Waals surface area contributed by atoms with Crippen LogP contribution in [0.3, 0.4) is 0 Å². The molecule has 0 unspecified atom stereocenters. The highest BCUT2D eigenvalue weighted by Gasteiger charge is 2.07. The van der Waals surface area contributed by atoms with E-state index in [1.54, 1.807) is 0 Å². The van der Waals surface area contributed by atoms with Crippen LogP contribution in [0.5, 0.6) is 0 Å². The third-order valence-corrected chi connectivity index (χ3v) is 3.47. The second-order valence-electron chi connectivity index (χ2n) is 3.13. The summed E-state index contributed by atoms with van der Waals surface area (Å²) in [5.74, 6) is 0.0228. The van der Waals surface area contributed by atoms with Crippen LogP contribution in [-0.4, -0.2) is 17.8 Å². The van der Waals surface area contributed by atoms with Gasteiger partial charge in [-0.25, -0.2) is 0 Å². The lowest BCUT2D eigenvalue weighted by Gasteiger charge is -2.05. The highest BCUT2D eigenvalue weighted by Crippen LogP contribution is 2.10. The molecule has 0 aromatic heterocycles. The molecule has 4 heteroatoms. The molecule has 0 fully saturated rings. The molecule has 0 aliphatic rings. The Morgan fingerprint density at radius 3 is 2.73 bits per heavy atom. The van der Waals surface area contributed by atoms with Crippen molar-refractivity contribution < 1.29 is 4.79 Å². The highest BCUT2D eigenvalue weighted by molar-refractivity contribution is 14.1. The quantitative estimate of drug-likeness (QED) is 0.473. The van der Waals surface area contributed by atoms with Crippen LogP contribution in [0.2, 0.25) is 0 Å². The summed E-state index contributed by atoms with van der Waals surface area (Å²) in [4.78, 5) is 11.7. The maximum Gasteiger partial charge on any atom is 0.252 e. The number of benzene rings is 1. The molecule has 1 N–H and O–H groups in total. The van der Waals surface area contributed by atoms with Crippen LogP contribution in [0.15, 0.2) is 24.3 Å². The first-order chi connectivity index (χ1) is 7.25. The summed E-state index contributed by atoms with van der Waals surface area (Å²) in [6.45, 7) is 0.745. The van der Waals surface area contributed by atoms with Crippen molar-refractivity contribution in [2.24, 2.45) is 0 Å². The fourth-order valence-corrected chi connectivity index (χ4v) is 2.19. The monoisotopic (exact) mass is 381 g/mol. The van der Waals surface area contributed by atoms with E-state index >= 15 is 0 Å². The van der Waals surface area contributed by atoms with Gasteiger partial charge in [-0.05, 0) is 47.6 Å². The minimum absolute atomic E-state index is 0.0228. The number of halogens is 2. The average molecular weight is 382 g/mol. The van der Waals surface area contributed by atoms with E-state index in [0.29, 0.717) is 0 Å². The molecule has 0 saturated carbocycles. The van der Waals surface area contributed by atoms with Gasteiger partial charge in [-0.2, -0.15) is 0 Å². The Labute approximate surface area is 112 Å². The average Bonchev–Trinajstić information content (AvgIpc) is 2.25. The van der Waals surface area contributed by atoms with Crippen molar-refractivity contribution in [3.63, 3.8) is 0 Å². The molecule has 0 atom stereocenters. The van der Waals surface area contributed by atoms with Gasteiger partial charge in [0.15, 0.2) is 0 Å². The zero-order valence-electron chi connectivity index (χ0n) is 8.30. The first-order valence-corrected chi connectivity index (χ1v) is 7.04. The number of rotatable bonds is 5. The smallest absolute Gasteiger partial charge is 0.252 e. The van der Waals surface area contributed by atoms with Gasteiger partial charge >= 0.3 is 0 Å². The minimum atomic E-state index is 0.0228. The van der Waals surface area contributed by atoms with Gasteiger partial charge in [0, 0.05) is 15.4 Å². The maximum atomic E-state index is 11.7. The van der Waals surface area contributed by atoms with Crippen molar-refractivity contribution in [3.05, 3.63) is 33.4 Å². The molecule has 0 radical (unpaired) electrons. The van der Waals surface area contributed by atoms with E-state index in [4.69, 9.17) is 0 Å². The predicted molar refractivity (Wildman–Crippen MR) is 74.5 cm³/mol. The van der Waals surface area contributed by atoms with E-state index < -0.39 is 0 Å². The molecular formula is C11H13BrINO. The van der Waals surface area contributed by atoms with E-state index in [1.165, 1.54) is 0 Å². The Morgan fingerprint density at radius 1 is 1.33 bits per heavy atom. The van der Waals surface area contributed by atoms with Gasteiger partial charge < -0.3 is 5.32 Å². The molecule has 0 saturated heterocycles. The number of carbonyl (C=O) groups is 1. The van der Waals surface area contributed by atoms with Crippen molar-refractivity contribution in [2.45, 2.75) is 12.8 Å². The molecule has 0 heterocycles. The first kappa shape index (κ1) is 13.0. The van der Waals surface area contributed by atoms with Crippen LogP contribution < -0.4 is 5.32 Å². The molecule has 1 rings (SSSR count). The fraction of sp³-hybridized carbons (Fsp3) is 0.364. The van der Waals surface area contributed by atoms with Gasteiger partial charge in [0.05, 0.1) is 5.56 Å². The van der Waals surface area contributed by atoms with E-state index in [2.05, 4.69) is 43.8 Å². The summed E-state index contributed by atoms with van der Waals surface area (Å²) in [6.07, 6.45) is 2.10. The van der Waals surface area contributed by atoms with E-state index in [1.807, 2.05) is 24.3 Å². The molecule has 15 heavy (non-hydrogen) atoms. The lowest BCUT2D eigenvalue weighted by Crippen LogP contribution is -2.25. The minimum Gasteiger partial charge on any atom is -0.352 e. The number of carbonyl (C=O) groups excluding carboxylic acids is 1. The SMILES string of the molecule is O=C(NCCCCBr)c1ccccc1I. The van der Waals surface area contributed by atoms with Crippen molar-refractivity contribution >= 4 is 44.4 Å². The van der Waals surface area contributed by atoms with Crippen molar-refractivity contribution in [1.82, 2.24) is 5.32 Å². The molecule has 0 aliphatic heterocycles. The Bertz CT molecular complexity index is 330. The van der Waals surface area contributed by atoms with Gasteiger partial charge in [-0.1, -0.05) is 28.1 Å². The molecular weight excluding hydrogens is 369 g/mol. The Hall–Kier alpha value is -0.100. The molecule has 1 aromatic carbocycles. The number of amides is 1. The standard InChI is InChI=1S/C11H13BrINO/c12-7-3-4-8-14-11(15)9-5-1-2-6-10(9)13/h1-2,5-6H,3-4,7-8H2,(H,14,15). The maximum absolute atomic E-state index is 11.7. The molecule has 0 spiro atoms. The van der Waals surface area contributed by atoms with Gasteiger partial charge in [0.2, 0.25) is 0 Å². The number of nitrogens with one attached hydrogen (secondary N) is 1. The Balaban J connectivity index is 2.44. The Kier molecular flexibility index (Phi) is 6.24. The summed E-state index contributed by atoms with van der Waals surface area (Å²) < 4.78 is 0.994. The van der Waals surface area contributed by atoms with Gasteiger partial charge in [0.25, 0.3) is 5.91 Å². The zero-order chi connectivity index (χ0) is 11.1. The van der Waals surface area contributed by atoms with Gasteiger partial charge in [0.1, 0.15) is 0 Å². The normalized spacial score (nSPS) is 10.0. The van der Waals surface area contributed by atoms with Crippen LogP contribution in [0, 0.1) is 3.57 Å². The Morgan fingerprint density at radius 2 is 2.07 bits per heavy atom. The zero-order valence-corrected chi connectivity index (χ0v) is 12.0.